The Morgan fingerprint density at radius 3 is 2.67 bits per heavy atom. The molecule has 2 N–H and O–H groups in total. The summed E-state index contributed by atoms with van der Waals surface area (Å²) in [5, 5.41) is 6.00. The number of nitrogens with zero attached hydrogens (tertiary/aromatic N) is 1. The van der Waals surface area contributed by atoms with E-state index in [-0.39, 0.29) is 5.91 Å². The van der Waals surface area contributed by atoms with Gasteiger partial charge in [0.05, 0.1) is 6.54 Å². The molecule has 15 heavy (non-hydrogen) atoms. The number of carbonyl (C=O) groups excluding carboxylic acids is 1. The molecule has 0 aromatic rings. The summed E-state index contributed by atoms with van der Waals surface area (Å²) in [5.74, 6) is 0.0906. The highest BCUT2D eigenvalue weighted by molar-refractivity contribution is 5.77. The van der Waals surface area contributed by atoms with Crippen molar-refractivity contribution in [3.05, 3.63) is 0 Å². The predicted molar refractivity (Wildman–Crippen MR) is 61.8 cm³/mol. The number of carbonyl (C=O) groups is 1. The van der Waals surface area contributed by atoms with Gasteiger partial charge in [-0.3, -0.25) is 4.79 Å². The summed E-state index contributed by atoms with van der Waals surface area (Å²) < 4.78 is 0. The predicted octanol–water partition coefficient (Wildman–Crippen LogP) is 0.195. The van der Waals surface area contributed by atoms with Crippen LogP contribution in [0.25, 0.3) is 0 Å². The number of hydrogen-bond acceptors (Lipinski definition) is 3. The van der Waals surface area contributed by atoms with E-state index in [9.17, 15) is 4.79 Å². The third kappa shape index (κ3) is 5.74. The minimum absolute atomic E-state index is 0.0906. The molecule has 0 aromatic carbocycles. The molecule has 88 valence electrons. The van der Waals surface area contributed by atoms with Crippen LogP contribution >= 0.6 is 0 Å². The summed E-state index contributed by atoms with van der Waals surface area (Å²) in [4.78, 5) is 13.6. The molecule has 1 fully saturated rings. The van der Waals surface area contributed by atoms with Crippen LogP contribution in [-0.4, -0.2) is 49.6 Å². The Hall–Kier alpha value is -0.610. The van der Waals surface area contributed by atoms with Crippen LogP contribution in [0.4, 0.5) is 0 Å². The maximum absolute atomic E-state index is 11.3. The van der Waals surface area contributed by atoms with E-state index >= 15 is 0 Å². The summed E-state index contributed by atoms with van der Waals surface area (Å²) in [6.07, 6.45) is 2.64. The lowest BCUT2D eigenvalue weighted by Crippen LogP contribution is -2.40. The molecule has 0 spiro atoms. The maximum Gasteiger partial charge on any atom is 0.234 e. The van der Waals surface area contributed by atoms with Crippen molar-refractivity contribution in [2.45, 2.75) is 38.8 Å². The fourth-order valence-electron chi connectivity index (χ4n) is 1.43. The van der Waals surface area contributed by atoms with Gasteiger partial charge in [-0.15, -0.1) is 0 Å². The lowest BCUT2D eigenvalue weighted by atomic mass is 10.4. The van der Waals surface area contributed by atoms with E-state index in [1.807, 2.05) is 13.8 Å². The van der Waals surface area contributed by atoms with E-state index in [1.54, 1.807) is 0 Å². The largest absolute Gasteiger partial charge is 0.354 e. The Balaban J connectivity index is 1.96. The fraction of sp³-hybridized carbons (Fsp3) is 0.909. The molecule has 4 nitrogen and oxygen atoms in total. The Morgan fingerprint density at radius 1 is 1.47 bits per heavy atom. The van der Waals surface area contributed by atoms with Gasteiger partial charge in [-0.05, 0) is 19.9 Å². The van der Waals surface area contributed by atoms with E-state index in [0.29, 0.717) is 12.6 Å². The van der Waals surface area contributed by atoms with E-state index in [0.717, 1.165) is 19.1 Å². The highest BCUT2D eigenvalue weighted by atomic mass is 16.1. The van der Waals surface area contributed by atoms with Gasteiger partial charge < -0.3 is 15.5 Å². The fourth-order valence-corrected chi connectivity index (χ4v) is 1.43. The number of amides is 1. The van der Waals surface area contributed by atoms with Gasteiger partial charge in [-0.1, -0.05) is 13.8 Å². The normalized spacial score (nSPS) is 16.1. The number of likely N-dealkylation sites (N-methyl/N-ethyl adjacent to an activating group) is 1. The first kappa shape index (κ1) is 12.5. The van der Waals surface area contributed by atoms with Crippen molar-refractivity contribution in [3.63, 3.8) is 0 Å². The maximum atomic E-state index is 11.3. The molecule has 0 heterocycles. The Morgan fingerprint density at radius 2 is 2.13 bits per heavy atom. The van der Waals surface area contributed by atoms with Gasteiger partial charge in [0.1, 0.15) is 0 Å². The summed E-state index contributed by atoms with van der Waals surface area (Å²) >= 11 is 0. The van der Waals surface area contributed by atoms with Crippen molar-refractivity contribution in [2.75, 3.05) is 26.7 Å². The second kappa shape index (κ2) is 6.08. The minimum Gasteiger partial charge on any atom is -0.354 e. The first-order valence-electron chi connectivity index (χ1n) is 5.80. The average Bonchev–Trinajstić information content (AvgIpc) is 2.97. The SMILES string of the molecule is CC(C)NCC(=O)NCCN(C)C1CC1. The van der Waals surface area contributed by atoms with Crippen LogP contribution < -0.4 is 10.6 Å². The first-order valence-corrected chi connectivity index (χ1v) is 5.80. The number of nitrogens with one attached hydrogen (secondary N) is 2. The zero-order valence-corrected chi connectivity index (χ0v) is 10.0. The van der Waals surface area contributed by atoms with Crippen LogP contribution in [0.2, 0.25) is 0 Å². The molecule has 1 aliphatic rings. The van der Waals surface area contributed by atoms with E-state index in [2.05, 4.69) is 22.6 Å². The lowest BCUT2D eigenvalue weighted by Gasteiger charge is -2.16. The molecule has 1 saturated carbocycles. The molecule has 1 rings (SSSR count). The average molecular weight is 213 g/mol. The van der Waals surface area contributed by atoms with E-state index in [4.69, 9.17) is 0 Å². The summed E-state index contributed by atoms with van der Waals surface area (Å²) in [5.41, 5.74) is 0. The van der Waals surface area contributed by atoms with Crippen LogP contribution in [0.15, 0.2) is 0 Å². The summed E-state index contributed by atoms with van der Waals surface area (Å²) in [6, 6.07) is 1.14. The number of rotatable bonds is 7. The van der Waals surface area contributed by atoms with Gasteiger partial charge in [0.25, 0.3) is 0 Å². The quantitative estimate of drug-likeness (QED) is 0.635. The standard InChI is InChI=1S/C11H23N3O/c1-9(2)13-8-11(15)12-6-7-14(3)10-4-5-10/h9-10,13H,4-8H2,1-3H3,(H,12,15). The minimum atomic E-state index is 0.0906. The van der Waals surface area contributed by atoms with Crippen molar-refractivity contribution < 1.29 is 4.79 Å². The Kier molecular flexibility index (Phi) is 5.05. The smallest absolute Gasteiger partial charge is 0.234 e. The van der Waals surface area contributed by atoms with Gasteiger partial charge in [-0.25, -0.2) is 0 Å². The van der Waals surface area contributed by atoms with Gasteiger partial charge in [-0.2, -0.15) is 0 Å². The highest BCUT2D eigenvalue weighted by Crippen LogP contribution is 2.24. The summed E-state index contributed by atoms with van der Waals surface area (Å²) in [7, 11) is 2.12. The van der Waals surface area contributed by atoms with Crippen LogP contribution in [0.3, 0.4) is 0 Å². The van der Waals surface area contributed by atoms with Crippen molar-refractivity contribution in [2.24, 2.45) is 0 Å². The van der Waals surface area contributed by atoms with Crippen molar-refractivity contribution in [1.82, 2.24) is 15.5 Å². The van der Waals surface area contributed by atoms with Crippen LogP contribution in [0.5, 0.6) is 0 Å². The molecule has 0 radical (unpaired) electrons. The third-order valence-electron chi connectivity index (χ3n) is 2.63. The summed E-state index contributed by atoms with van der Waals surface area (Å²) in [6.45, 7) is 6.21. The second-order valence-electron chi connectivity index (χ2n) is 4.60. The third-order valence-corrected chi connectivity index (χ3v) is 2.63. The number of hydrogen-bond donors (Lipinski definition) is 2. The van der Waals surface area contributed by atoms with Gasteiger partial charge in [0.15, 0.2) is 0 Å². The molecule has 0 atom stereocenters. The van der Waals surface area contributed by atoms with Gasteiger partial charge in [0.2, 0.25) is 5.91 Å². The molecule has 1 amide bonds. The molecule has 0 unspecified atom stereocenters. The highest BCUT2D eigenvalue weighted by Gasteiger charge is 2.25. The topological polar surface area (TPSA) is 44.4 Å². The van der Waals surface area contributed by atoms with Crippen molar-refractivity contribution in [3.8, 4) is 0 Å². The van der Waals surface area contributed by atoms with E-state index < -0.39 is 0 Å². The second-order valence-corrected chi connectivity index (χ2v) is 4.60. The monoisotopic (exact) mass is 213 g/mol. The molecular formula is C11H23N3O. The molecule has 0 saturated heterocycles. The van der Waals surface area contributed by atoms with E-state index in [1.165, 1.54) is 12.8 Å². The molecule has 0 aromatic heterocycles. The zero-order valence-electron chi connectivity index (χ0n) is 10.0. The zero-order chi connectivity index (χ0) is 11.3. The Bertz CT molecular complexity index is 202. The van der Waals surface area contributed by atoms with Crippen molar-refractivity contribution >= 4 is 5.91 Å². The van der Waals surface area contributed by atoms with Gasteiger partial charge >= 0.3 is 0 Å². The van der Waals surface area contributed by atoms with Gasteiger partial charge in [0, 0.05) is 25.2 Å². The first-order chi connectivity index (χ1) is 7.09. The Labute approximate surface area is 92.4 Å². The lowest BCUT2D eigenvalue weighted by molar-refractivity contribution is -0.120. The van der Waals surface area contributed by atoms with Crippen molar-refractivity contribution in [1.29, 1.82) is 0 Å². The molecule has 0 aliphatic heterocycles. The van der Waals surface area contributed by atoms with Crippen LogP contribution in [0.1, 0.15) is 26.7 Å². The molecule has 1 aliphatic carbocycles. The van der Waals surface area contributed by atoms with Crippen LogP contribution in [-0.2, 0) is 4.79 Å². The molecule has 0 bridgehead atoms. The molecular weight excluding hydrogens is 190 g/mol. The van der Waals surface area contributed by atoms with Crippen LogP contribution in [0, 0.1) is 0 Å². The molecule has 4 heteroatoms.